The van der Waals surface area contributed by atoms with E-state index in [2.05, 4.69) is 46.1 Å². The summed E-state index contributed by atoms with van der Waals surface area (Å²) >= 11 is 0. The summed E-state index contributed by atoms with van der Waals surface area (Å²) in [6.07, 6.45) is 7.30. The molecule has 2 aliphatic heterocycles. The van der Waals surface area contributed by atoms with Crippen LogP contribution in [0.2, 0.25) is 0 Å². The molecule has 3 atom stereocenters. The predicted octanol–water partition coefficient (Wildman–Crippen LogP) is 2.18. The second-order valence-corrected chi connectivity index (χ2v) is 6.07. The van der Waals surface area contributed by atoms with Gasteiger partial charge in [-0.2, -0.15) is 5.10 Å². The molecule has 0 radical (unpaired) electrons. The fourth-order valence-corrected chi connectivity index (χ4v) is 3.46. The number of nitrogens with zero attached hydrogens (tertiary/aromatic N) is 3. The highest BCUT2D eigenvalue weighted by Gasteiger charge is 2.36. The Morgan fingerprint density at radius 2 is 2.32 bits per heavy atom. The molecule has 0 saturated carbocycles. The molecule has 2 fully saturated rings. The second kappa shape index (κ2) is 5.63. The third-order valence-corrected chi connectivity index (χ3v) is 4.86. The first-order chi connectivity index (χ1) is 9.28. The minimum absolute atomic E-state index is 0.505. The fourth-order valence-electron chi connectivity index (χ4n) is 3.46. The topological polar surface area (TPSA) is 33.1 Å². The summed E-state index contributed by atoms with van der Waals surface area (Å²) in [5, 5.41) is 8.39. The lowest BCUT2D eigenvalue weighted by Gasteiger charge is -2.20. The highest BCUT2D eigenvalue weighted by atomic mass is 15.3. The van der Waals surface area contributed by atoms with Gasteiger partial charge in [-0.3, -0.25) is 9.58 Å². The van der Waals surface area contributed by atoms with E-state index in [1.165, 1.54) is 38.0 Å². The zero-order chi connectivity index (χ0) is 13.2. The molecule has 1 aromatic rings. The molecule has 0 aliphatic carbocycles. The summed E-state index contributed by atoms with van der Waals surface area (Å²) in [4.78, 5) is 2.65. The van der Waals surface area contributed by atoms with Crippen molar-refractivity contribution in [1.29, 1.82) is 0 Å². The molecule has 2 saturated heterocycles. The van der Waals surface area contributed by atoms with Gasteiger partial charge < -0.3 is 5.32 Å². The lowest BCUT2D eigenvalue weighted by Crippen LogP contribution is -2.38. The third kappa shape index (κ3) is 2.70. The van der Waals surface area contributed by atoms with Gasteiger partial charge in [-0.15, -0.1) is 0 Å². The van der Waals surface area contributed by atoms with Crippen LogP contribution in [0, 0.1) is 0 Å². The van der Waals surface area contributed by atoms with Gasteiger partial charge in [-0.05, 0) is 45.2 Å². The average molecular weight is 262 g/mol. The van der Waals surface area contributed by atoms with Crippen LogP contribution in [-0.4, -0.2) is 39.9 Å². The first-order valence-corrected chi connectivity index (χ1v) is 7.79. The lowest BCUT2D eigenvalue weighted by molar-refractivity contribution is 0.298. The maximum absolute atomic E-state index is 4.67. The van der Waals surface area contributed by atoms with Gasteiger partial charge in [0, 0.05) is 37.4 Å². The Balaban J connectivity index is 1.53. The third-order valence-electron chi connectivity index (χ3n) is 4.86. The van der Waals surface area contributed by atoms with Gasteiger partial charge in [-0.25, -0.2) is 0 Å². The minimum Gasteiger partial charge on any atom is -0.307 e. The summed E-state index contributed by atoms with van der Waals surface area (Å²) in [5.41, 5.74) is 1.18. The number of rotatable bonds is 5. The molecule has 0 aromatic carbocycles. The van der Waals surface area contributed by atoms with Crippen molar-refractivity contribution in [1.82, 2.24) is 20.0 Å². The summed E-state index contributed by atoms with van der Waals surface area (Å²) in [6.45, 7) is 7.93. The van der Waals surface area contributed by atoms with E-state index in [4.69, 9.17) is 0 Å². The van der Waals surface area contributed by atoms with Crippen LogP contribution in [0.1, 0.15) is 51.3 Å². The smallest absolute Gasteiger partial charge is 0.0762 e. The van der Waals surface area contributed by atoms with E-state index in [0.717, 1.165) is 19.0 Å². The summed E-state index contributed by atoms with van der Waals surface area (Å²) in [6, 6.07) is 4.12. The van der Waals surface area contributed by atoms with Gasteiger partial charge in [0.25, 0.3) is 0 Å². The molecule has 4 nitrogen and oxygen atoms in total. The van der Waals surface area contributed by atoms with Crippen molar-refractivity contribution in [2.75, 3.05) is 13.1 Å². The number of hydrogen-bond donors (Lipinski definition) is 1. The SMILES string of the molecule is CCC(C)n1ccc(CNC2CCN3CCCC23)n1. The molecular formula is C15H26N4. The Hall–Kier alpha value is -0.870. The average Bonchev–Trinajstić information content (AvgIpc) is 3.12. The van der Waals surface area contributed by atoms with Crippen molar-refractivity contribution in [3.05, 3.63) is 18.0 Å². The Morgan fingerprint density at radius 3 is 3.16 bits per heavy atom. The number of fused-ring (bicyclic) bond motifs is 1. The van der Waals surface area contributed by atoms with Crippen molar-refractivity contribution in [2.45, 2.75) is 64.2 Å². The molecule has 4 heteroatoms. The molecule has 3 heterocycles. The van der Waals surface area contributed by atoms with Crippen molar-refractivity contribution < 1.29 is 0 Å². The summed E-state index contributed by atoms with van der Waals surface area (Å²) < 4.78 is 2.09. The van der Waals surface area contributed by atoms with Crippen LogP contribution in [-0.2, 0) is 6.54 Å². The number of nitrogens with one attached hydrogen (secondary N) is 1. The first kappa shape index (κ1) is 13.1. The van der Waals surface area contributed by atoms with Crippen LogP contribution in [0.3, 0.4) is 0 Å². The maximum atomic E-state index is 4.67. The van der Waals surface area contributed by atoms with E-state index >= 15 is 0 Å². The van der Waals surface area contributed by atoms with Gasteiger partial charge in [0.2, 0.25) is 0 Å². The van der Waals surface area contributed by atoms with Crippen LogP contribution >= 0.6 is 0 Å². The van der Waals surface area contributed by atoms with E-state index in [0.29, 0.717) is 12.1 Å². The van der Waals surface area contributed by atoms with Crippen molar-refractivity contribution in [3.63, 3.8) is 0 Å². The van der Waals surface area contributed by atoms with Crippen LogP contribution in [0.5, 0.6) is 0 Å². The van der Waals surface area contributed by atoms with Crippen molar-refractivity contribution >= 4 is 0 Å². The fraction of sp³-hybridized carbons (Fsp3) is 0.800. The van der Waals surface area contributed by atoms with E-state index < -0.39 is 0 Å². The molecule has 1 N–H and O–H groups in total. The largest absolute Gasteiger partial charge is 0.307 e. The summed E-state index contributed by atoms with van der Waals surface area (Å²) in [7, 11) is 0. The molecular weight excluding hydrogens is 236 g/mol. The molecule has 106 valence electrons. The Bertz CT molecular complexity index is 414. The van der Waals surface area contributed by atoms with E-state index in [1.54, 1.807) is 0 Å². The quantitative estimate of drug-likeness (QED) is 0.883. The Labute approximate surface area is 116 Å². The number of hydrogen-bond acceptors (Lipinski definition) is 3. The monoisotopic (exact) mass is 262 g/mol. The predicted molar refractivity (Wildman–Crippen MR) is 77.1 cm³/mol. The first-order valence-electron chi connectivity index (χ1n) is 7.79. The zero-order valence-corrected chi connectivity index (χ0v) is 12.2. The molecule has 1 aromatic heterocycles. The van der Waals surface area contributed by atoms with Gasteiger partial charge in [-0.1, -0.05) is 6.92 Å². The molecule has 3 unspecified atom stereocenters. The molecule has 19 heavy (non-hydrogen) atoms. The number of aromatic nitrogens is 2. The van der Waals surface area contributed by atoms with Crippen LogP contribution in [0.25, 0.3) is 0 Å². The molecule has 2 aliphatic rings. The van der Waals surface area contributed by atoms with E-state index in [1.807, 2.05) is 0 Å². The van der Waals surface area contributed by atoms with Gasteiger partial charge >= 0.3 is 0 Å². The summed E-state index contributed by atoms with van der Waals surface area (Å²) in [5.74, 6) is 0. The van der Waals surface area contributed by atoms with Crippen LogP contribution < -0.4 is 5.32 Å². The molecule has 0 amide bonds. The van der Waals surface area contributed by atoms with Gasteiger partial charge in [0.1, 0.15) is 0 Å². The minimum atomic E-state index is 0.505. The second-order valence-electron chi connectivity index (χ2n) is 6.07. The normalized spacial score (nSPS) is 28.7. The van der Waals surface area contributed by atoms with Crippen LogP contribution in [0.4, 0.5) is 0 Å². The Morgan fingerprint density at radius 1 is 1.42 bits per heavy atom. The highest BCUT2D eigenvalue weighted by Crippen LogP contribution is 2.28. The lowest BCUT2D eigenvalue weighted by atomic mass is 10.1. The molecule has 0 spiro atoms. The van der Waals surface area contributed by atoms with Gasteiger partial charge in [0.05, 0.1) is 5.69 Å². The van der Waals surface area contributed by atoms with Crippen molar-refractivity contribution in [3.8, 4) is 0 Å². The standard InChI is InChI=1S/C15H26N4/c1-3-12(2)19-10-6-13(17-19)11-16-14-7-9-18-8-4-5-15(14)18/h6,10,12,14-16H,3-5,7-9,11H2,1-2H3. The van der Waals surface area contributed by atoms with E-state index in [9.17, 15) is 0 Å². The van der Waals surface area contributed by atoms with Gasteiger partial charge in [0.15, 0.2) is 0 Å². The Kier molecular flexibility index (Phi) is 3.89. The zero-order valence-electron chi connectivity index (χ0n) is 12.2. The van der Waals surface area contributed by atoms with Crippen molar-refractivity contribution in [2.24, 2.45) is 0 Å². The maximum Gasteiger partial charge on any atom is 0.0762 e. The molecule has 3 rings (SSSR count). The molecule has 0 bridgehead atoms. The van der Waals surface area contributed by atoms with E-state index in [-0.39, 0.29) is 0 Å². The highest BCUT2D eigenvalue weighted by molar-refractivity contribution is 5.02. The van der Waals surface area contributed by atoms with Crippen LogP contribution in [0.15, 0.2) is 12.3 Å².